The van der Waals surface area contributed by atoms with Crippen molar-refractivity contribution in [3.05, 3.63) is 36.0 Å². The van der Waals surface area contributed by atoms with Crippen LogP contribution in [0.4, 0.5) is 0 Å². The summed E-state index contributed by atoms with van der Waals surface area (Å²) in [5, 5.41) is 0.554. The number of rotatable bonds is 1. The zero-order chi connectivity index (χ0) is 11.1. The van der Waals surface area contributed by atoms with Crippen molar-refractivity contribution in [3.63, 3.8) is 0 Å². The van der Waals surface area contributed by atoms with E-state index in [9.17, 15) is 8.42 Å². The number of halogens is 1. The van der Waals surface area contributed by atoms with Gasteiger partial charge >= 0.3 is 0 Å². The second-order valence-corrected chi connectivity index (χ2v) is 5.75. The van der Waals surface area contributed by atoms with Crippen LogP contribution in [-0.2, 0) is 9.05 Å². The summed E-state index contributed by atoms with van der Waals surface area (Å²) in [5.74, 6) is 0. The van der Waals surface area contributed by atoms with Crippen LogP contribution < -0.4 is 0 Å². The molecule has 1 aromatic carbocycles. The fourth-order valence-electron chi connectivity index (χ4n) is 1.47. The fraction of sp³-hybridized carbons (Fsp3) is 0.100. The Morgan fingerprint density at radius 3 is 2.60 bits per heavy atom. The number of hydrogen-bond donors (Lipinski definition) is 0. The molecular formula is C10H8ClNO2S. The number of para-hydroxylation sites is 1. The van der Waals surface area contributed by atoms with Crippen LogP contribution in [0.25, 0.3) is 10.9 Å². The number of nitrogens with zero attached hydrogens (tertiary/aromatic N) is 1. The lowest BCUT2D eigenvalue weighted by atomic mass is 10.2. The number of aryl methyl sites for hydroxylation is 1. The molecule has 1 aromatic heterocycles. The molecule has 0 aliphatic rings. The van der Waals surface area contributed by atoms with Crippen molar-refractivity contribution in [2.45, 2.75) is 11.8 Å². The van der Waals surface area contributed by atoms with E-state index in [4.69, 9.17) is 10.7 Å². The van der Waals surface area contributed by atoms with Gasteiger partial charge in [0.1, 0.15) is 0 Å². The lowest BCUT2D eigenvalue weighted by molar-refractivity contribution is 0.610. The van der Waals surface area contributed by atoms with Crippen molar-refractivity contribution in [1.29, 1.82) is 0 Å². The molecule has 0 N–H and O–H groups in total. The lowest BCUT2D eigenvalue weighted by Crippen LogP contribution is -1.95. The van der Waals surface area contributed by atoms with Crippen LogP contribution >= 0.6 is 10.7 Å². The summed E-state index contributed by atoms with van der Waals surface area (Å²) in [6.07, 6.45) is 0. The highest BCUT2D eigenvalue weighted by Crippen LogP contribution is 2.25. The van der Waals surface area contributed by atoms with Crippen molar-refractivity contribution in [2.75, 3.05) is 0 Å². The van der Waals surface area contributed by atoms with Gasteiger partial charge in [-0.15, -0.1) is 0 Å². The second kappa shape index (κ2) is 3.47. The van der Waals surface area contributed by atoms with E-state index in [0.29, 0.717) is 16.6 Å². The van der Waals surface area contributed by atoms with Crippen molar-refractivity contribution >= 4 is 30.6 Å². The molecule has 0 aliphatic heterocycles. The van der Waals surface area contributed by atoms with Crippen LogP contribution in [0.3, 0.4) is 0 Å². The first-order valence-electron chi connectivity index (χ1n) is 4.29. The molecule has 0 radical (unpaired) electrons. The van der Waals surface area contributed by atoms with Gasteiger partial charge in [-0.1, -0.05) is 18.2 Å². The van der Waals surface area contributed by atoms with Crippen molar-refractivity contribution < 1.29 is 8.42 Å². The maximum atomic E-state index is 11.3. The number of benzene rings is 1. The quantitative estimate of drug-likeness (QED) is 0.721. The maximum Gasteiger partial charge on any atom is 0.262 e. The Hall–Kier alpha value is -1.13. The molecule has 2 rings (SSSR count). The number of aromatic nitrogens is 1. The molecule has 78 valence electrons. The van der Waals surface area contributed by atoms with Crippen LogP contribution in [0.15, 0.2) is 35.2 Å². The third-order valence-corrected chi connectivity index (χ3v) is 3.43. The lowest BCUT2D eigenvalue weighted by Gasteiger charge is -2.03. The molecule has 0 atom stereocenters. The topological polar surface area (TPSA) is 47.0 Å². The predicted molar refractivity (Wildman–Crippen MR) is 59.5 cm³/mol. The van der Waals surface area contributed by atoms with E-state index in [0.717, 1.165) is 0 Å². The van der Waals surface area contributed by atoms with E-state index in [1.54, 1.807) is 31.2 Å². The monoisotopic (exact) mass is 241 g/mol. The molecule has 0 amide bonds. The second-order valence-electron chi connectivity index (χ2n) is 3.22. The van der Waals surface area contributed by atoms with Crippen LogP contribution in [0.5, 0.6) is 0 Å². The number of hydrogen-bond acceptors (Lipinski definition) is 3. The normalized spacial score (nSPS) is 11.9. The SMILES string of the molecule is Cc1cc(S(=O)(=O)Cl)c2ccccc2n1. The highest BCUT2D eigenvalue weighted by atomic mass is 35.7. The molecule has 0 unspecified atom stereocenters. The molecule has 1 heterocycles. The summed E-state index contributed by atoms with van der Waals surface area (Å²) in [5.41, 5.74) is 1.27. The summed E-state index contributed by atoms with van der Waals surface area (Å²) in [4.78, 5) is 4.34. The molecule has 2 aromatic rings. The summed E-state index contributed by atoms with van der Waals surface area (Å²) in [6.45, 7) is 1.73. The zero-order valence-electron chi connectivity index (χ0n) is 7.94. The molecule has 0 fully saturated rings. The Morgan fingerprint density at radius 2 is 1.93 bits per heavy atom. The molecule has 5 heteroatoms. The molecule has 0 spiro atoms. The van der Waals surface area contributed by atoms with Crippen molar-refractivity contribution in [1.82, 2.24) is 4.98 Å². The molecule has 0 saturated carbocycles. The fourth-order valence-corrected chi connectivity index (χ4v) is 2.60. The van der Waals surface area contributed by atoms with Gasteiger partial charge in [0, 0.05) is 21.8 Å². The van der Waals surface area contributed by atoms with Crippen molar-refractivity contribution in [3.8, 4) is 0 Å². The van der Waals surface area contributed by atoms with Crippen LogP contribution in [0, 0.1) is 6.92 Å². The van der Waals surface area contributed by atoms with Crippen molar-refractivity contribution in [2.24, 2.45) is 0 Å². The summed E-state index contributed by atoms with van der Waals surface area (Å²) < 4.78 is 22.7. The Morgan fingerprint density at radius 1 is 1.27 bits per heavy atom. The van der Waals surface area contributed by atoms with Gasteiger partial charge < -0.3 is 0 Å². The highest BCUT2D eigenvalue weighted by Gasteiger charge is 2.15. The van der Waals surface area contributed by atoms with E-state index in [2.05, 4.69) is 4.98 Å². The zero-order valence-corrected chi connectivity index (χ0v) is 9.51. The highest BCUT2D eigenvalue weighted by molar-refractivity contribution is 8.14. The predicted octanol–water partition coefficient (Wildman–Crippen LogP) is 2.47. The first-order chi connectivity index (χ1) is 6.98. The van der Waals surface area contributed by atoms with Gasteiger partial charge in [0.15, 0.2) is 0 Å². The molecule has 3 nitrogen and oxygen atoms in total. The average molecular weight is 242 g/mol. The Kier molecular flexibility index (Phi) is 2.40. The van der Waals surface area contributed by atoms with E-state index >= 15 is 0 Å². The van der Waals surface area contributed by atoms with Gasteiger partial charge in [-0.25, -0.2) is 8.42 Å². The van der Waals surface area contributed by atoms with Crippen LogP contribution in [-0.4, -0.2) is 13.4 Å². The third kappa shape index (κ3) is 1.96. The minimum absolute atomic E-state index is 0.118. The molecular weight excluding hydrogens is 234 g/mol. The average Bonchev–Trinajstić information content (AvgIpc) is 2.15. The van der Waals surface area contributed by atoms with E-state index in [1.165, 1.54) is 6.07 Å². The summed E-state index contributed by atoms with van der Waals surface area (Å²) in [7, 11) is 1.63. The smallest absolute Gasteiger partial charge is 0.253 e. The molecule has 0 bridgehead atoms. The molecule has 0 aliphatic carbocycles. The summed E-state index contributed by atoms with van der Waals surface area (Å²) >= 11 is 0. The van der Waals surface area contributed by atoms with E-state index < -0.39 is 9.05 Å². The standard InChI is InChI=1S/C10H8ClNO2S/c1-7-6-10(15(11,13)14)8-4-2-3-5-9(8)12-7/h2-6H,1H3. The Balaban J connectivity index is 2.96. The van der Waals surface area contributed by atoms with E-state index in [-0.39, 0.29) is 4.90 Å². The molecule has 15 heavy (non-hydrogen) atoms. The van der Waals surface area contributed by atoms with E-state index in [1.807, 2.05) is 0 Å². The van der Waals surface area contributed by atoms with Gasteiger partial charge in [0.25, 0.3) is 9.05 Å². The third-order valence-electron chi connectivity index (χ3n) is 2.07. The minimum Gasteiger partial charge on any atom is -0.253 e. The van der Waals surface area contributed by atoms with Gasteiger partial charge in [-0.2, -0.15) is 0 Å². The van der Waals surface area contributed by atoms with Gasteiger partial charge in [-0.05, 0) is 19.1 Å². The van der Waals surface area contributed by atoms with Gasteiger partial charge in [0.05, 0.1) is 10.4 Å². The maximum absolute atomic E-state index is 11.3. The van der Waals surface area contributed by atoms with Crippen LogP contribution in [0.1, 0.15) is 5.69 Å². The van der Waals surface area contributed by atoms with Gasteiger partial charge in [-0.3, -0.25) is 4.98 Å². The minimum atomic E-state index is -3.72. The van der Waals surface area contributed by atoms with Gasteiger partial charge in [0.2, 0.25) is 0 Å². The number of pyridine rings is 1. The Bertz CT molecular complexity index is 622. The Labute approximate surface area is 92.1 Å². The molecule has 0 saturated heterocycles. The number of fused-ring (bicyclic) bond motifs is 1. The first-order valence-corrected chi connectivity index (χ1v) is 6.60. The summed E-state index contributed by atoms with van der Waals surface area (Å²) in [6, 6.07) is 8.49. The first kappa shape index (κ1) is 10.4. The van der Waals surface area contributed by atoms with Crippen LogP contribution in [0.2, 0.25) is 0 Å². The largest absolute Gasteiger partial charge is 0.262 e.